The normalized spacial score (nSPS) is 14.3. The Morgan fingerprint density at radius 1 is 1.30 bits per heavy atom. The molecule has 1 fully saturated rings. The molecule has 0 spiro atoms. The lowest BCUT2D eigenvalue weighted by atomic mass is 10.1. The fraction of sp³-hybridized carbons (Fsp3) is 0.312. The number of morpholine rings is 1. The molecule has 0 amide bonds. The van der Waals surface area contributed by atoms with Crippen molar-refractivity contribution in [1.82, 2.24) is 14.8 Å². The molecule has 1 aromatic heterocycles. The predicted octanol–water partition coefficient (Wildman–Crippen LogP) is 0.894. The van der Waals surface area contributed by atoms with Gasteiger partial charge in [0.15, 0.2) is 6.61 Å². The fourth-order valence-corrected chi connectivity index (χ4v) is 2.45. The molecule has 0 aliphatic carbocycles. The van der Waals surface area contributed by atoms with E-state index in [-0.39, 0.29) is 6.61 Å². The Balaban J connectivity index is 1.97. The van der Waals surface area contributed by atoms with E-state index in [4.69, 9.17) is 15.9 Å². The van der Waals surface area contributed by atoms with Crippen LogP contribution in [0.15, 0.2) is 30.9 Å². The van der Waals surface area contributed by atoms with E-state index < -0.39 is 5.97 Å². The minimum absolute atomic E-state index is 0.0573. The van der Waals surface area contributed by atoms with Crippen LogP contribution in [-0.2, 0) is 9.47 Å². The first-order chi connectivity index (χ1) is 11.3. The van der Waals surface area contributed by atoms with Gasteiger partial charge in [-0.3, -0.25) is 4.57 Å². The zero-order valence-electron chi connectivity index (χ0n) is 12.5. The predicted molar refractivity (Wildman–Crippen MR) is 83.5 cm³/mol. The molecule has 0 bridgehead atoms. The maximum Gasteiger partial charge on any atom is 0.341 e. The number of hydrogen-bond donors (Lipinski definition) is 0. The van der Waals surface area contributed by atoms with Crippen LogP contribution in [0, 0.1) is 12.3 Å². The lowest BCUT2D eigenvalue weighted by molar-refractivity contribution is 0.0556. The molecule has 3 rings (SSSR count). The van der Waals surface area contributed by atoms with E-state index in [0.717, 1.165) is 24.5 Å². The van der Waals surface area contributed by atoms with Crippen LogP contribution in [0.4, 0.5) is 5.69 Å². The minimum Gasteiger partial charge on any atom is -0.449 e. The quantitative estimate of drug-likeness (QED) is 0.617. The monoisotopic (exact) mass is 312 g/mol. The maximum absolute atomic E-state index is 12.4. The molecule has 2 aromatic rings. The summed E-state index contributed by atoms with van der Waals surface area (Å²) >= 11 is 0. The van der Waals surface area contributed by atoms with E-state index in [0.29, 0.717) is 18.8 Å². The number of carbonyl (C=O) groups excluding carboxylic acids is 1. The molecule has 2 heterocycles. The van der Waals surface area contributed by atoms with Crippen LogP contribution < -0.4 is 4.90 Å². The van der Waals surface area contributed by atoms with Crippen LogP contribution in [0.3, 0.4) is 0 Å². The van der Waals surface area contributed by atoms with Crippen molar-refractivity contribution in [2.45, 2.75) is 0 Å². The number of terminal acetylenes is 1. The Morgan fingerprint density at radius 3 is 2.74 bits per heavy atom. The van der Waals surface area contributed by atoms with E-state index in [1.54, 1.807) is 23.3 Å². The third-order valence-corrected chi connectivity index (χ3v) is 3.56. The van der Waals surface area contributed by atoms with Gasteiger partial charge in [0.05, 0.1) is 24.5 Å². The number of esters is 1. The molecular formula is C16H16N4O3. The largest absolute Gasteiger partial charge is 0.449 e. The van der Waals surface area contributed by atoms with Crippen molar-refractivity contribution in [2.24, 2.45) is 0 Å². The Labute approximate surface area is 133 Å². The molecule has 1 aromatic carbocycles. The topological polar surface area (TPSA) is 69.5 Å². The number of carbonyl (C=O) groups is 1. The van der Waals surface area contributed by atoms with Crippen LogP contribution in [-0.4, -0.2) is 53.6 Å². The molecule has 7 heteroatoms. The Hall–Kier alpha value is -2.85. The summed E-state index contributed by atoms with van der Waals surface area (Å²) in [4.78, 5) is 14.5. The van der Waals surface area contributed by atoms with Gasteiger partial charge in [-0.15, -0.1) is 16.6 Å². The first kappa shape index (κ1) is 15.1. The van der Waals surface area contributed by atoms with Crippen molar-refractivity contribution in [2.75, 3.05) is 37.8 Å². The maximum atomic E-state index is 12.4. The fourth-order valence-electron chi connectivity index (χ4n) is 2.45. The summed E-state index contributed by atoms with van der Waals surface area (Å²) in [7, 11) is 0. The molecular weight excluding hydrogens is 296 g/mol. The van der Waals surface area contributed by atoms with Gasteiger partial charge in [0.1, 0.15) is 12.7 Å². The van der Waals surface area contributed by atoms with Crippen molar-refractivity contribution >= 4 is 11.7 Å². The van der Waals surface area contributed by atoms with Gasteiger partial charge in [-0.25, -0.2) is 4.79 Å². The smallest absolute Gasteiger partial charge is 0.341 e. The highest BCUT2D eigenvalue weighted by Gasteiger charge is 2.20. The van der Waals surface area contributed by atoms with Gasteiger partial charge in [0, 0.05) is 18.8 Å². The second-order valence-corrected chi connectivity index (χ2v) is 4.95. The summed E-state index contributed by atoms with van der Waals surface area (Å²) in [6.45, 7) is 2.65. The standard InChI is InChI=1S/C16H16N4O3/c1-2-7-23-16(21)14-10-13(20-11-17-18-12-20)3-4-15(14)19-5-8-22-9-6-19/h1,3-4,10-12H,5-9H2. The zero-order valence-corrected chi connectivity index (χ0v) is 12.5. The highest BCUT2D eigenvalue weighted by molar-refractivity contribution is 5.96. The van der Waals surface area contributed by atoms with E-state index in [9.17, 15) is 4.79 Å². The lowest BCUT2D eigenvalue weighted by Gasteiger charge is -2.30. The van der Waals surface area contributed by atoms with Crippen molar-refractivity contribution in [3.05, 3.63) is 36.4 Å². The first-order valence-electron chi connectivity index (χ1n) is 7.22. The molecule has 1 aliphatic heterocycles. The van der Waals surface area contributed by atoms with Crippen LogP contribution >= 0.6 is 0 Å². The third kappa shape index (κ3) is 3.33. The Kier molecular flexibility index (Phi) is 4.54. The summed E-state index contributed by atoms with van der Waals surface area (Å²) in [5.41, 5.74) is 2.06. The molecule has 0 unspecified atom stereocenters. The second-order valence-electron chi connectivity index (χ2n) is 4.95. The number of ether oxygens (including phenoxy) is 2. The minimum atomic E-state index is -0.445. The average Bonchev–Trinajstić information content (AvgIpc) is 3.14. The highest BCUT2D eigenvalue weighted by atomic mass is 16.5. The second kappa shape index (κ2) is 6.94. The van der Waals surface area contributed by atoms with Gasteiger partial charge in [-0.1, -0.05) is 5.92 Å². The van der Waals surface area contributed by atoms with Gasteiger partial charge in [0.2, 0.25) is 0 Å². The highest BCUT2D eigenvalue weighted by Crippen LogP contribution is 2.25. The number of nitrogens with zero attached hydrogens (tertiary/aromatic N) is 4. The molecule has 0 radical (unpaired) electrons. The Bertz CT molecular complexity index is 715. The van der Waals surface area contributed by atoms with Crippen LogP contribution in [0.5, 0.6) is 0 Å². The van der Waals surface area contributed by atoms with E-state index >= 15 is 0 Å². The molecule has 0 N–H and O–H groups in total. The van der Waals surface area contributed by atoms with E-state index in [1.807, 2.05) is 12.1 Å². The number of benzene rings is 1. The number of aromatic nitrogens is 3. The number of hydrogen-bond acceptors (Lipinski definition) is 6. The zero-order chi connectivity index (χ0) is 16.1. The number of rotatable bonds is 4. The Morgan fingerprint density at radius 2 is 2.04 bits per heavy atom. The van der Waals surface area contributed by atoms with Crippen LogP contribution in [0.1, 0.15) is 10.4 Å². The SMILES string of the molecule is C#CCOC(=O)c1cc(-n2cnnc2)ccc1N1CCOCC1. The number of anilines is 1. The summed E-state index contributed by atoms with van der Waals surface area (Å²) < 4.78 is 12.2. The summed E-state index contributed by atoms with van der Waals surface area (Å²) in [5, 5.41) is 7.56. The lowest BCUT2D eigenvalue weighted by Crippen LogP contribution is -2.37. The van der Waals surface area contributed by atoms with Crippen molar-refractivity contribution in [3.63, 3.8) is 0 Å². The van der Waals surface area contributed by atoms with Crippen LogP contribution in [0.2, 0.25) is 0 Å². The van der Waals surface area contributed by atoms with Gasteiger partial charge in [-0.05, 0) is 18.2 Å². The molecule has 118 valence electrons. The summed E-state index contributed by atoms with van der Waals surface area (Å²) in [5.74, 6) is 1.86. The molecule has 7 nitrogen and oxygen atoms in total. The van der Waals surface area contributed by atoms with E-state index in [1.165, 1.54) is 0 Å². The molecule has 0 saturated carbocycles. The molecule has 1 saturated heterocycles. The first-order valence-corrected chi connectivity index (χ1v) is 7.22. The van der Waals surface area contributed by atoms with Gasteiger partial charge in [-0.2, -0.15) is 0 Å². The van der Waals surface area contributed by atoms with Crippen LogP contribution in [0.25, 0.3) is 5.69 Å². The molecule has 23 heavy (non-hydrogen) atoms. The van der Waals surface area contributed by atoms with Crippen molar-refractivity contribution in [1.29, 1.82) is 0 Å². The van der Waals surface area contributed by atoms with Crippen molar-refractivity contribution < 1.29 is 14.3 Å². The summed E-state index contributed by atoms with van der Waals surface area (Å²) in [6, 6.07) is 5.56. The molecule has 0 atom stereocenters. The molecule has 1 aliphatic rings. The van der Waals surface area contributed by atoms with E-state index in [2.05, 4.69) is 21.0 Å². The third-order valence-electron chi connectivity index (χ3n) is 3.56. The van der Waals surface area contributed by atoms with Gasteiger partial charge >= 0.3 is 5.97 Å². The summed E-state index contributed by atoms with van der Waals surface area (Å²) in [6.07, 6.45) is 8.31. The average molecular weight is 312 g/mol. The van der Waals surface area contributed by atoms with Gasteiger partial charge in [0.25, 0.3) is 0 Å². The van der Waals surface area contributed by atoms with Gasteiger partial charge < -0.3 is 14.4 Å². The van der Waals surface area contributed by atoms with Crippen molar-refractivity contribution in [3.8, 4) is 18.0 Å².